The van der Waals surface area contributed by atoms with Gasteiger partial charge in [-0.25, -0.2) is 4.99 Å². The van der Waals surface area contributed by atoms with Gasteiger partial charge in [-0.15, -0.1) is 0 Å². The van der Waals surface area contributed by atoms with Crippen molar-refractivity contribution in [2.45, 2.75) is 25.8 Å². The number of hydrogen-bond donors (Lipinski definition) is 1. The number of hydrogen-bond acceptors (Lipinski definition) is 2. The molecule has 2 rings (SSSR count). The van der Waals surface area contributed by atoms with Crippen molar-refractivity contribution < 1.29 is 0 Å². The molecule has 0 aliphatic carbocycles. The van der Waals surface area contributed by atoms with Crippen LogP contribution in [0, 0.1) is 0 Å². The van der Waals surface area contributed by atoms with E-state index in [4.69, 9.17) is 5.73 Å². The number of nitrogens with zero attached hydrogens (tertiary/aromatic N) is 3. The number of rotatable bonds is 2. The third-order valence-corrected chi connectivity index (χ3v) is 2.85. The highest BCUT2D eigenvalue weighted by atomic mass is 15.2. The number of guanidine groups is 1. The number of piperidine rings is 1. The summed E-state index contributed by atoms with van der Waals surface area (Å²) in [5.74, 6) is 0.677. The lowest BCUT2D eigenvalue weighted by Gasteiger charge is -2.27. The summed E-state index contributed by atoms with van der Waals surface area (Å²) >= 11 is 0. The zero-order valence-electron chi connectivity index (χ0n) is 9.47. The van der Waals surface area contributed by atoms with Crippen LogP contribution in [-0.2, 0) is 6.54 Å². The first-order chi connectivity index (χ1) is 7.86. The fraction of sp³-hybridized carbons (Fsp3) is 0.500. The number of aliphatic imine (C=N–C) groups is 1. The molecule has 0 atom stereocenters. The average Bonchev–Trinajstić information content (AvgIpc) is 2.38. The number of pyridine rings is 1. The lowest BCUT2D eigenvalue weighted by Crippen LogP contribution is -2.40. The van der Waals surface area contributed by atoms with Crippen LogP contribution in [0.25, 0.3) is 0 Å². The Bertz CT molecular complexity index is 341. The van der Waals surface area contributed by atoms with Gasteiger partial charge in [-0.3, -0.25) is 4.98 Å². The number of aromatic nitrogens is 1. The summed E-state index contributed by atoms with van der Waals surface area (Å²) in [6, 6.07) is 3.93. The molecule has 4 nitrogen and oxygen atoms in total. The van der Waals surface area contributed by atoms with Crippen molar-refractivity contribution >= 4 is 5.96 Å². The molecule has 1 aromatic rings. The molecule has 1 saturated heterocycles. The van der Waals surface area contributed by atoms with E-state index >= 15 is 0 Å². The summed E-state index contributed by atoms with van der Waals surface area (Å²) in [5, 5.41) is 0. The summed E-state index contributed by atoms with van der Waals surface area (Å²) in [4.78, 5) is 10.6. The Balaban J connectivity index is 1.91. The van der Waals surface area contributed by atoms with E-state index in [1.165, 1.54) is 19.3 Å². The largest absolute Gasteiger partial charge is 0.370 e. The molecule has 0 amide bonds. The third-order valence-electron chi connectivity index (χ3n) is 2.85. The van der Waals surface area contributed by atoms with E-state index in [-0.39, 0.29) is 0 Å². The molecule has 4 heteroatoms. The molecule has 0 unspecified atom stereocenters. The predicted octanol–water partition coefficient (Wildman–Crippen LogP) is 1.38. The molecule has 1 fully saturated rings. The molecule has 1 aliphatic heterocycles. The molecule has 0 saturated carbocycles. The van der Waals surface area contributed by atoms with Crippen LogP contribution in [0.1, 0.15) is 24.8 Å². The first-order valence-corrected chi connectivity index (χ1v) is 5.80. The maximum Gasteiger partial charge on any atom is 0.191 e. The van der Waals surface area contributed by atoms with Crippen molar-refractivity contribution in [2.75, 3.05) is 13.1 Å². The minimum absolute atomic E-state index is 0.644. The SMILES string of the molecule is NC(=NCc1ccncc1)N1CCCCC1. The fourth-order valence-corrected chi connectivity index (χ4v) is 1.88. The van der Waals surface area contributed by atoms with Crippen molar-refractivity contribution in [2.24, 2.45) is 10.7 Å². The van der Waals surface area contributed by atoms with Crippen molar-refractivity contribution in [1.82, 2.24) is 9.88 Å². The first kappa shape index (κ1) is 10.9. The monoisotopic (exact) mass is 218 g/mol. The van der Waals surface area contributed by atoms with E-state index in [1.807, 2.05) is 12.1 Å². The Morgan fingerprint density at radius 1 is 1.25 bits per heavy atom. The molecule has 0 radical (unpaired) electrons. The smallest absolute Gasteiger partial charge is 0.191 e. The molecule has 1 aromatic heterocycles. The Labute approximate surface area is 96.2 Å². The number of likely N-dealkylation sites (tertiary alicyclic amines) is 1. The van der Waals surface area contributed by atoms with Gasteiger partial charge in [0.1, 0.15) is 0 Å². The maximum absolute atomic E-state index is 5.96. The van der Waals surface area contributed by atoms with Gasteiger partial charge in [0.05, 0.1) is 6.54 Å². The van der Waals surface area contributed by atoms with Gasteiger partial charge in [-0.1, -0.05) is 0 Å². The van der Waals surface area contributed by atoms with E-state index in [1.54, 1.807) is 12.4 Å². The van der Waals surface area contributed by atoms with Crippen molar-refractivity contribution in [3.63, 3.8) is 0 Å². The van der Waals surface area contributed by atoms with Crippen LogP contribution in [0.2, 0.25) is 0 Å². The van der Waals surface area contributed by atoms with E-state index < -0.39 is 0 Å². The zero-order chi connectivity index (χ0) is 11.2. The second-order valence-electron chi connectivity index (χ2n) is 4.08. The molecule has 0 spiro atoms. The van der Waals surface area contributed by atoms with Gasteiger partial charge in [0, 0.05) is 25.5 Å². The normalized spacial score (nSPS) is 17.5. The number of nitrogens with two attached hydrogens (primary N) is 1. The highest BCUT2D eigenvalue weighted by Gasteiger charge is 2.11. The lowest BCUT2D eigenvalue weighted by molar-refractivity contribution is 0.338. The molecular weight excluding hydrogens is 200 g/mol. The second-order valence-corrected chi connectivity index (χ2v) is 4.08. The highest BCUT2D eigenvalue weighted by Crippen LogP contribution is 2.08. The van der Waals surface area contributed by atoms with Crippen LogP contribution in [-0.4, -0.2) is 28.9 Å². The van der Waals surface area contributed by atoms with Crippen LogP contribution >= 0.6 is 0 Å². The molecule has 86 valence electrons. The summed E-state index contributed by atoms with van der Waals surface area (Å²) in [5.41, 5.74) is 7.10. The van der Waals surface area contributed by atoms with Gasteiger partial charge in [-0.2, -0.15) is 0 Å². The topological polar surface area (TPSA) is 54.5 Å². The van der Waals surface area contributed by atoms with Gasteiger partial charge in [0.2, 0.25) is 0 Å². The van der Waals surface area contributed by atoms with Crippen LogP contribution in [0.15, 0.2) is 29.5 Å². The quantitative estimate of drug-likeness (QED) is 0.602. The molecule has 16 heavy (non-hydrogen) atoms. The average molecular weight is 218 g/mol. The van der Waals surface area contributed by atoms with E-state index in [9.17, 15) is 0 Å². The second kappa shape index (κ2) is 5.49. The Morgan fingerprint density at radius 2 is 1.94 bits per heavy atom. The van der Waals surface area contributed by atoms with Crippen LogP contribution < -0.4 is 5.73 Å². The van der Waals surface area contributed by atoms with Crippen LogP contribution in [0.3, 0.4) is 0 Å². The zero-order valence-corrected chi connectivity index (χ0v) is 9.47. The Kier molecular flexibility index (Phi) is 3.75. The molecule has 2 N–H and O–H groups in total. The summed E-state index contributed by atoms with van der Waals surface area (Å²) in [6.45, 7) is 2.74. The van der Waals surface area contributed by atoms with Crippen molar-refractivity contribution in [1.29, 1.82) is 0 Å². The van der Waals surface area contributed by atoms with Crippen LogP contribution in [0.5, 0.6) is 0 Å². The minimum atomic E-state index is 0.644. The molecular formula is C12H18N4. The summed E-state index contributed by atoms with van der Waals surface area (Å²) in [7, 11) is 0. The van der Waals surface area contributed by atoms with Gasteiger partial charge in [0.25, 0.3) is 0 Å². The summed E-state index contributed by atoms with van der Waals surface area (Å²) < 4.78 is 0. The molecule has 1 aliphatic rings. The first-order valence-electron chi connectivity index (χ1n) is 5.80. The lowest BCUT2D eigenvalue weighted by atomic mass is 10.1. The molecule has 0 aromatic carbocycles. The van der Waals surface area contributed by atoms with Gasteiger partial charge < -0.3 is 10.6 Å². The maximum atomic E-state index is 5.96. The molecule has 0 bridgehead atoms. The minimum Gasteiger partial charge on any atom is -0.370 e. The third kappa shape index (κ3) is 2.95. The summed E-state index contributed by atoms with van der Waals surface area (Å²) in [6.07, 6.45) is 7.33. The van der Waals surface area contributed by atoms with E-state index in [0.717, 1.165) is 18.7 Å². The Morgan fingerprint density at radius 3 is 2.62 bits per heavy atom. The predicted molar refractivity (Wildman–Crippen MR) is 65.0 cm³/mol. The van der Waals surface area contributed by atoms with Crippen molar-refractivity contribution in [3.05, 3.63) is 30.1 Å². The van der Waals surface area contributed by atoms with Crippen LogP contribution in [0.4, 0.5) is 0 Å². The highest BCUT2D eigenvalue weighted by molar-refractivity contribution is 5.78. The fourth-order valence-electron chi connectivity index (χ4n) is 1.88. The van der Waals surface area contributed by atoms with Gasteiger partial charge in [0.15, 0.2) is 5.96 Å². The van der Waals surface area contributed by atoms with Gasteiger partial charge in [-0.05, 0) is 37.0 Å². The standard InChI is InChI=1S/C12H18N4/c13-12(16-8-2-1-3-9-16)15-10-11-4-6-14-7-5-11/h4-7H,1-3,8-10H2,(H2,13,15). The van der Waals surface area contributed by atoms with Crippen molar-refractivity contribution in [3.8, 4) is 0 Å². The van der Waals surface area contributed by atoms with E-state index in [0.29, 0.717) is 12.5 Å². The molecule has 2 heterocycles. The van der Waals surface area contributed by atoms with Gasteiger partial charge >= 0.3 is 0 Å². The Hall–Kier alpha value is -1.58. The van der Waals surface area contributed by atoms with E-state index in [2.05, 4.69) is 14.9 Å².